The predicted octanol–water partition coefficient (Wildman–Crippen LogP) is 1.43. The van der Waals surface area contributed by atoms with E-state index in [2.05, 4.69) is 25.4 Å². The van der Waals surface area contributed by atoms with Gasteiger partial charge in [-0.1, -0.05) is 25.7 Å². The highest BCUT2D eigenvalue weighted by atomic mass is 16.2. The summed E-state index contributed by atoms with van der Waals surface area (Å²) in [6, 6.07) is 0.594. The van der Waals surface area contributed by atoms with Crippen LogP contribution in [-0.4, -0.2) is 74.0 Å². The fraction of sp³-hybridized carbons (Fsp3) is 0.895. The Bertz CT molecular complexity index is 447. The smallest absolute Gasteiger partial charge is 0.225 e. The minimum absolute atomic E-state index is 0.318. The van der Waals surface area contributed by atoms with E-state index in [1.54, 1.807) is 0 Å². The Labute approximate surface area is 152 Å². The van der Waals surface area contributed by atoms with E-state index < -0.39 is 0 Å². The molecule has 3 rings (SSSR count). The largest absolute Gasteiger partial charge is 0.355 e. The molecule has 0 spiro atoms. The van der Waals surface area contributed by atoms with Crippen LogP contribution in [0.4, 0.5) is 0 Å². The highest BCUT2D eigenvalue weighted by molar-refractivity contribution is 5.80. The fourth-order valence-corrected chi connectivity index (χ4v) is 4.41. The monoisotopic (exact) mass is 349 g/mol. The number of guanidine groups is 1. The number of piperazine rings is 1. The molecule has 0 bridgehead atoms. The van der Waals surface area contributed by atoms with Gasteiger partial charge in [0.05, 0.1) is 0 Å². The highest BCUT2D eigenvalue weighted by Crippen LogP contribution is 2.26. The first-order valence-electron chi connectivity index (χ1n) is 10.2. The second kappa shape index (κ2) is 9.41. The minimum atomic E-state index is 0.318. The van der Waals surface area contributed by atoms with E-state index in [1.807, 2.05) is 7.05 Å². The molecule has 0 aromatic rings. The van der Waals surface area contributed by atoms with Crippen LogP contribution < -0.4 is 10.6 Å². The van der Waals surface area contributed by atoms with E-state index in [0.717, 1.165) is 58.1 Å². The molecule has 142 valence electrons. The van der Waals surface area contributed by atoms with E-state index in [9.17, 15) is 4.79 Å². The molecule has 25 heavy (non-hydrogen) atoms. The molecule has 0 unspecified atom stereocenters. The van der Waals surface area contributed by atoms with E-state index in [-0.39, 0.29) is 0 Å². The summed E-state index contributed by atoms with van der Waals surface area (Å²) >= 11 is 0. The van der Waals surface area contributed by atoms with Gasteiger partial charge in [0, 0.05) is 58.3 Å². The zero-order chi connectivity index (χ0) is 17.5. The molecule has 2 N–H and O–H groups in total. The van der Waals surface area contributed by atoms with Crippen LogP contribution >= 0.6 is 0 Å². The lowest BCUT2D eigenvalue weighted by Gasteiger charge is -2.36. The molecule has 0 atom stereocenters. The summed E-state index contributed by atoms with van der Waals surface area (Å²) in [4.78, 5) is 21.4. The third-order valence-corrected chi connectivity index (χ3v) is 6.03. The van der Waals surface area contributed by atoms with Crippen LogP contribution in [0.1, 0.15) is 51.4 Å². The SMILES string of the molecule is CN=C(NCCN1CCN(C(=O)C2CCCC2)CC1)NC1CCCC1. The van der Waals surface area contributed by atoms with Gasteiger partial charge in [0.1, 0.15) is 0 Å². The lowest BCUT2D eigenvalue weighted by molar-refractivity contribution is -0.137. The normalized spacial score (nSPS) is 24.0. The summed E-state index contributed by atoms with van der Waals surface area (Å²) in [5.74, 6) is 1.66. The highest BCUT2D eigenvalue weighted by Gasteiger charge is 2.29. The Morgan fingerprint density at radius 3 is 2.28 bits per heavy atom. The van der Waals surface area contributed by atoms with E-state index in [4.69, 9.17) is 0 Å². The van der Waals surface area contributed by atoms with Gasteiger partial charge in [-0.15, -0.1) is 0 Å². The zero-order valence-corrected chi connectivity index (χ0v) is 15.8. The van der Waals surface area contributed by atoms with E-state index in [0.29, 0.717) is 17.9 Å². The summed E-state index contributed by atoms with van der Waals surface area (Å²) < 4.78 is 0. The van der Waals surface area contributed by atoms with Crippen molar-refractivity contribution in [2.75, 3.05) is 46.3 Å². The van der Waals surface area contributed by atoms with Crippen molar-refractivity contribution in [1.82, 2.24) is 20.4 Å². The zero-order valence-electron chi connectivity index (χ0n) is 15.8. The number of amides is 1. The summed E-state index contributed by atoms with van der Waals surface area (Å²) in [5.41, 5.74) is 0. The van der Waals surface area contributed by atoms with Crippen LogP contribution in [0, 0.1) is 5.92 Å². The lowest BCUT2D eigenvalue weighted by Crippen LogP contribution is -2.52. The van der Waals surface area contributed by atoms with Gasteiger partial charge in [0.2, 0.25) is 5.91 Å². The molecule has 0 aromatic carbocycles. The van der Waals surface area contributed by atoms with Gasteiger partial charge in [-0.2, -0.15) is 0 Å². The fourth-order valence-electron chi connectivity index (χ4n) is 4.41. The number of hydrogen-bond donors (Lipinski definition) is 2. The van der Waals surface area contributed by atoms with Gasteiger partial charge in [-0.05, 0) is 25.7 Å². The Hall–Kier alpha value is -1.30. The van der Waals surface area contributed by atoms with Crippen LogP contribution in [0.2, 0.25) is 0 Å². The number of carbonyl (C=O) groups excluding carboxylic acids is 1. The number of nitrogens with zero attached hydrogens (tertiary/aromatic N) is 3. The maximum Gasteiger partial charge on any atom is 0.225 e. The van der Waals surface area contributed by atoms with Crippen molar-refractivity contribution in [2.45, 2.75) is 57.4 Å². The quantitative estimate of drug-likeness (QED) is 0.582. The maximum absolute atomic E-state index is 12.5. The average Bonchev–Trinajstić information content (AvgIpc) is 3.35. The van der Waals surface area contributed by atoms with Crippen LogP contribution in [-0.2, 0) is 4.79 Å². The van der Waals surface area contributed by atoms with E-state index in [1.165, 1.54) is 38.5 Å². The molecule has 3 fully saturated rings. The second-order valence-electron chi connectivity index (χ2n) is 7.77. The predicted molar refractivity (Wildman–Crippen MR) is 102 cm³/mol. The molecule has 2 saturated carbocycles. The molecule has 1 amide bonds. The van der Waals surface area contributed by atoms with Crippen molar-refractivity contribution in [3.8, 4) is 0 Å². The first kappa shape index (κ1) is 18.5. The van der Waals surface area contributed by atoms with Crippen LogP contribution in [0.25, 0.3) is 0 Å². The van der Waals surface area contributed by atoms with Crippen molar-refractivity contribution >= 4 is 11.9 Å². The third kappa shape index (κ3) is 5.33. The van der Waals surface area contributed by atoms with Gasteiger partial charge in [-0.25, -0.2) is 0 Å². The van der Waals surface area contributed by atoms with Gasteiger partial charge in [0.15, 0.2) is 5.96 Å². The molecule has 0 radical (unpaired) electrons. The molecule has 2 aliphatic carbocycles. The topological polar surface area (TPSA) is 60.0 Å². The number of aliphatic imine (C=N–C) groups is 1. The molecule has 6 nitrogen and oxygen atoms in total. The Kier molecular flexibility index (Phi) is 6.96. The maximum atomic E-state index is 12.5. The van der Waals surface area contributed by atoms with Crippen molar-refractivity contribution in [3.05, 3.63) is 0 Å². The molecule has 0 aromatic heterocycles. The Balaban J connectivity index is 1.31. The van der Waals surface area contributed by atoms with Crippen molar-refractivity contribution in [3.63, 3.8) is 0 Å². The average molecular weight is 350 g/mol. The van der Waals surface area contributed by atoms with Gasteiger partial charge >= 0.3 is 0 Å². The van der Waals surface area contributed by atoms with Crippen molar-refractivity contribution in [2.24, 2.45) is 10.9 Å². The Morgan fingerprint density at radius 1 is 1.00 bits per heavy atom. The molecule has 1 saturated heterocycles. The summed E-state index contributed by atoms with van der Waals surface area (Å²) in [6.45, 7) is 5.69. The molecule has 6 heteroatoms. The summed E-state index contributed by atoms with van der Waals surface area (Å²) in [7, 11) is 1.84. The Morgan fingerprint density at radius 2 is 1.64 bits per heavy atom. The molecular formula is C19H35N5O. The first-order valence-corrected chi connectivity index (χ1v) is 10.2. The second-order valence-corrected chi connectivity index (χ2v) is 7.77. The van der Waals surface area contributed by atoms with Crippen molar-refractivity contribution < 1.29 is 4.79 Å². The van der Waals surface area contributed by atoms with Gasteiger partial charge in [0.25, 0.3) is 0 Å². The first-order chi connectivity index (χ1) is 12.3. The number of hydrogen-bond acceptors (Lipinski definition) is 3. The third-order valence-electron chi connectivity index (χ3n) is 6.03. The van der Waals surface area contributed by atoms with Gasteiger partial charge < -0.3 is 15.5 Å². The van der Waals surface area contributed by atoms with Gasteiger partial charge in [-0.3, -0.25) is 14.7 Å². The van der Waals surface area contributed by atoms with E-state index >= 15 is 0 Å². The molecule has 1 aliphatic heterocycles. The molecule has 1 heterocycles. The lowest BCUT2D eigenvalue weighted by atomic mass is 10.1. The van der Waals surface area contributed by atoms with Crippen LogP contribution in [0.15, 0.2) is 4.99 Å². The van der Waals surface area contributed by atoms with Crippen LogP contribution in [0.5, 0.6) is 0 Å². The molecule has 3 aliphatic rings. The number of rotatable bonds is 5. The standard InChI is InChI=1S/C19H35N5O/c1-20-19(22-17-8-4-5-9-17)21-10-11-23-12-14-24(15-13-23)18(25)16-6-2-3-7-16/h16-17H,2-15H2,1H3,(H2,20,21,22). The number of nitrogens with one attached hydrogen (secondary N) is 2. The van der Waals surface area contributed by atoms with Crippen LogP contribution in [0.3, 0.4) is 0 Å². The van der Waals surface area contributed by atoms with Crippen molar-refractivity contribution in [1.29, 1.82) is 0 Å². The summed E-state index contributed by atoms with van der Waals surface area (Å²) in [5, 5.41) is 6.96. The minimum Gasteiger partial charge on any atom is -0.355 e. The molecular weight excluding hydrogens is 314 g/mol. The summed E-state index contributed by atoms with van der Waals surface area (Å²) in [6.07, 6.45) is 9.87. The number of carbonyl (C=O) groups is 1.